The van der Waals surface area contributed by atoms with E-state index in [2.05, 4.69) is 5.32 Å². The van der Waals surface area contributed by atoms with Gasteiger partial charge in [0.1, 0.15) is 18.1 Å². The fraction of sp³-hybridized carbons (Fsp3) is 0.429. The Labute approximate surface area is 177 Å². The summed E-state index contributed by atoms with van der Waals surface area (Å²) in [5.41, 5.74) is -0.624. The summed E-state index contributed by atoms with van der Waals surface area (Å²) in [7, 11) is 0. The number of benzene rings is 1. The maximum Gasteiger partial charge on any atom is 0.333 e. The lowest BCUT2D eigenvalue weighted by Crippen LogP contribution is -2.42. The number of amides is 1. The number of nitriles is 1. The molecular weight excluding hydrogens is 407 g/mol. The Bertz CT molecular complexity index is 1130. The summed E-state index contributed by atoms with van der Waals surface area (Å²) in [5.74, 6) is -1.19. The van der Waals surface area contributed by atoms with E-state index in [0.717, 1.165) is 16.7 Å². The molecule has 0 spiro atoms. The van der Waals surface area contributed by atoms with Gasteiger partial charge in [0.05, 0.1) is 18.3 Å². The molecule has 0 saturated carbocycles. The van der Waals surface area contributed by atoms with Crippen LogP contribution in [0.2, 0.25) is 0 Å². The van der Waals surface area contributed by atoms with Crippen LogP contribution in [0.5, 0.6) is 0 Å². The van der Waals surface area contributed by atoms with E-state index in [1.54, 1.807) is 13.0 Å². The van der Waals surface area contributed by atoms with Crippen molar-refractivity contribution in [3.63, 3.8) is 0 Å². The smallest absolute Gasteiger partial charge is 0.333 e. The molecule has 2 N–H and O–H groups in total. The number of hydrogen-bond donors (Lipinski definition) is 2. The molecule has 0 unspecified atom stereocenters. The van der Waals surface area contributed by atoms with E-state index < -0.39 is 29.2 Å². The normalized spacial score (nSPS) is 18.0. The zero-order valence-corrected chi connectivity index (χ0v) is 17.0. The molecule has 3 rings (SSSR count). The summed E-state index contributed by atoms with van der Waals surface area (Å²) < 4.78 is 21.5. The number of aliphatic hydroxyl groups is 1. The van der Waals surface area contributed by atoms with E-state index in [0.29, 0.717) is 24.8 Å². The van der Waals surface area contributed by atoms with Gasteiger partial charge >= 0.3 is 5.69 Å². The first-order valence-corrected chi connectivity index (χ1v) is 9.92. The van der Waals surface area contributed by atoms with Crippen LogP contribution in [0.1, 0.15) is 47.0 Å². The van der Waals surface area contributed by atoms with Gasteiger partial charge in [-0.3, -0.25) is 18.7 Å². The number of aliphatic hydroxyl groups excluding tert-OH is 1. The molecule has 10 heteroatoms. The third kappa shape index (κ3) is 4.90. The second-order valence-electron chi connectivity index (χ2n) is 7.35. The summed E-state index contributed by atoms with van der Waals surface area (Å²) >= 11 is 0. The number of rotatable bonds is 7. The Morgan fingerprint density at radius 1 is 1.39 bits per heavy atom. The second-order valence-corrected chi connectivity index (χ2v) is 7.35. The molecule has 1 aliphatic rings. The largest absolute Gasteiger partial charge is 0.394 e. The van der Waals surface area contributed by atoms with Crippen LogP contribution in [0.4, 0.5) is 4.39 Å². The first-order valence-electron chi connectivity index (χ1n) is 9.92. The van der Waals surface area contributed by atoms with Gasteiger partial charge in [-0.1, -0.05) is 0 Å². The van der Waals surface area contributed by atoms with E-state index >= 15 is 0 Å². The highest BCUT2D eigenvalue weighted by Gasteiger charge is 2.27. The number of carbonyl (C=O) groups is 1. The highest BCUT2D eigenvalue weighted by atomic mass is 19.1. The van der Waals surface area contributed by atoms with Gasteiger partial charge in [-0.25, -0.2) is 9.18 Å². The second kappa shape index (κ2) is 9.68. The van der Waals surface area contributed by atoms with Gasteiger partial charge in [0.15, 0.2) is 0 Å². The lowest BCUT2D eigenvalue weighted by molar-refractivity contribution is -0.0253. The molecule has 1 aromatic heterocycles. The molecule has 1 fully saturated rings. The van der Waals surface area contributed by atoms with Gasteiger partial charge in [-0.2, -0.15) is 5.26 Å². The first kappa shape index (κ1) is 22.4. The maximum absolute atomic E-state index is 13.4. The average Bonchev–Trinajstić information content (AvgIpc) is 3.25. The SMILES string of the molecule is Cc1cn([C@H]2CC[C@@H](CO)O2)c(=O)n(CCCNC(=O)c2ccc(F)c(C#N)c2)c1=O. The predicted octanol–water partition coefficient (Wildman–Crippen LogP) is 0.819. The highest BCUT2D eigenvalue weighted by Crippen LogP contribution is 2.26. The van der Waals surface area contributed by atoms with Gasteiger partial charge < -0.3 is 15.2 Å². The Hall–Kier alpha value is -3.29. The summed E-state index contributed by atoms with van der Waals surface area (Å²) in [6.07, 6.45) is 2.08. The van der Waals surface area contributed by atoms with Crippen LogP contribution < -0.4 is 16.6 Å². The van der Waals surface area contributed by atoms with E-state index in [-0.39, 0.29) is 36.9 Å². The third-order valence-corrected chi connectivity index (χ3v) is 5.16. The van der Waals surface area contributed by atoms with Crippen LogP contribution in [-0.4, -0.2) is 39.4 Å². The average molecular weight is 430 g/mol. The van der Waals surface area contributed by atoms with Crippen molar-refractivity contribution in [1.82, 2.24) is 14.5 Å². The van der Waals surface area contributed by atoms with Crippen molar-refractivity contribution in [1.29, 1.82) is 5.26 Å². The highest BCUT2D eigenvalue weighted by molar-refractivity contribution is 5.94. The summed E-state index contributed by atoms with van der Waals surface area (Å²) in [5, 5.41) is 20.7. The molecule has 9 nitrogen and oxygen atoms in total. The van der Waals surface area contributed by atoms with Gasteiger partial charge in [0.25, 0.3) is 11.5 Å². The van der Waals surface area contributed by atoms with E-state index in [1.807, 2.05) is 0 Å². The summed E-state index contributed by atoms with van der Waals surface area (Å²) in [6.45, 7) is 1.73. The third-order valence-electron chi connectivity index (χ3n) is 5.16. The molecule has 2 aromatic rings. The maximum atomic E-state index is 13.4. The van der Waals surface area contributed by atoms with Gasteiger partial charge in [0.2, 0.25) is 0 Å². The lowest BCUT2D eigenvalue weighted by Gasteiger charge is -2.17. The van der Waals surface area contributed by atoms with Crippen LogP contribution in [0.3, 0.4) is 0 Å². The lowest BCUT2D eigenvalue weighted by atomic mass is 10.1. The number of aryl methyl sites for hydroxylation is 1. The number of carbonyl (C=O) groups excluding carboxylic acids is 1. The van der Waals surface area contributed by atoms with Crippen LogP contribution >= 0.6 is 0 Å². The minimum atomic E-state index is -0.703. The quantitative estimate of drug-likeness (QED) is 0.627. The molecule has 0 bridgehead atoms. The molecule has 2 heterocycles. The Kier molecular flexibility index (Phi) is 6.99. The number of nitrogens with zero attached hydrogens (tertiary/aromatic N) is 3. The molecule has 1 amide bonds. The van der Waals surface area contributed by atoms with Crippen molar-refractivity contribution < 1.29 is 19.0 Å². The zero-order chi connectivity index (χ0) is 22.5. The van der Waals surface area contributed by atoms with Crippen LogP contribution in [0.25, 0.3) is 0 Å². The fourth-order valence-electron chi connectivity index (χ4n) is 3.48. The van der Waals surface area contributed by atoms with Crippen molar-refractivity contribution in [2.24, 2.45) is 0 Å². The van der Waals surface area contributed by atoms with Crippen molar-refractivity contribution in [2.75, 3.05) is 13.2 Å². The van der Waals surface area contributed by atoms with Crippen molar-refractivity contribution in [2.45, 2.75) is 45.1 Å². The first-order chi connectivity index (χ1) is 14.8. The molecule has 1 aromatic carbocycles. The zero-order valence-electron chi connectivity index (χ0n) is 17.0. The number of halogens is 1. The van der Waals surface area contributed by atoms with E-state index in [9.17, 15) is 23.9 Å². The number of nitrogens with one attached hydrogen (secondary N) is 1. The summed E-state index contributed by atoms with van der Waals surface area (Å²) in [4.78, 5) is 37.4. The van der Waals surface area contributed by atoms with Gasteiger partial charge in [0, 0.05) is 30.4 Å². The molecule has 2 atom stereocenters. The summed E-state index contributed by atoms with van der Waals surface area (Å²) in [6, 6.07) is 5.16. The predicted molar refractivity (Wildman–Crippen MR) is 108 cm³/mol. The minimum absolute atomic E-state index is 0.0860. The Morgan fingerprint density at radius 2 is 2.16 bits per heavy atom. The van der Waals surface area contributed by atoms with Crippen LogP contribution in [0, 0.1) is 24.1 Å². The molecule has 31 heavy (non-hydrogen) atoms. The molecule has 164 valence electrons. The molecule has 1 saturated heterocycles. The molecule has 1 aliphatic heterocycles. The minimum Gasteiger partial charge on any atom is -0.394 e. The topological polar surface area (TPSA) is 126 Å². The van der Waals surface area contributed by atoms with Crippen molar-refractivity contribution >= 4 is 5.91 Å². The van der Waals surface area contributed by atoms with E-state index in [1.165, 1.54) is 16.8 Å². The molecular formula is C21H23FN4O5. The van der Waals surface area contributed by atoms with Gasteiger partial charge in [-0.05, 0) is 44.4 Å². The number of hydrogen-bond acceptors (Lipinski definition) is 6. The van der Waals surface area contributed by atoms with Crippen LogP contribution in [-0.2, 0) is 11.3 Å². The van der Waals surface area contributed by atoms with Crippen molar-refractivity contribution in [3.8, 4) is 6.07 Å². The fourth-order valence-corrected chi connectivity index (χ4v) is 3.48. The molecule has 0 aliphatic carbocycles. The number of ether oxygens (including phenoxy) is 1. The molecule has 0 radical (unpaired) electrons. The Balaban J connectivity index is 1.65. The Morgan fingerprint density at radius 3 is 2.84 bits per heavy atom. The number of aromatic nitrogens is 2. The monoisotopic (exact) mass is 430 g/mol. The van der Waals surface area contributed by atoms with Crippen molar-refractivity contribution in [3.05, 3.63) is 67.7 Å². The standard InChI is InChI=1S/C21H23FN4O5/c1-13-11-26(18-6-4-16(12-27)31-18)21(30)25(20(13)29)8-2-7-24-19(28)14-3-5-17(22)15(9-14)10-23/h3,5,9,11,16,18,27H,2,4,6-8,12H2,1H3,(H,24,28)/t16-,18+/m0/s1. The van der Waals surface area contributed by atoms with Gasteiger partial charge in [-0.15, -0.1) is 0 Å². The van der Waals surface area contributed by atoms with E-state index in [4.69, 9.17) is 10.00 Å². The van der Waals surface area contributed by atoms with Crippen LogP contribution in [0.15, 0.2) is 34.0 Å².